The number of nitrogens with one attached hydrogen (secondary N) is 1. The second-order valence-electron chi connectivity index (χ2n) is 5.17. The molecule has 0 saturated carbocycles. The average molecular weight is 326 g/mol. The molecule has 1 aliphatic heterocycles. The molecule has 1 fully saturated rings. The maximum atomic E-state index is 13.1. The molecule has 1 N–H and O–H groups in total. The van der Waals surface area contributed by atoms with E-state index in [2.05, 4.69) is 5.32 Å². The number of rotatable bonds is 5. The van der Waals surface area contributed by atoms with Crippen molar-refractivity contribution in [2.45, 2.75) is 25.9 Å². The number of esters is 1. The summed E-state index contributed by atoms with van der Waals surface area (Å²) in [5, 5.41) is 2.31. The molecule has 0 radical (unpaired) electrons. The number of hydrogen-bond acceptors (Lipinski definition) is 4. The number of ether oxygens (including phenoxy) is 1. The topological polar surface area (TPSA) is 75.7 Å². The maximum Gasteiger partial charge on any atom is 0.326 e. The van der Waals surface area contributed by atoms with Gasteiger partial charge in [-0.3, -0.25) is 14.4 Å². The van der Waals surface area contributed by atoms with Crippen molar-refractivity contribution < 1.29 is 27.9 Å². The van der Waals surface area contributed by atoms with Crippen molar-refractivity contribution in [1.82, 2.24) is 4.90 Å². The van der Waals surface area contributed by atoms with E-state index in [0.717, 1.165) is 12.1 Å². The van der Waals surface area contributed by atoms with Crippen LogP contribution in [0.15, 0.2) is 18.2 Å². The summed E-state index contributed by atoms with van der Waals surface area (Å²) in [6.07, 6.45) is -0.0362. The van der Waals surface area contributed by atoms with Gasteiger partial charge in [0.25, 0.3) is 5.91 Å². The first-order valence-electron chi connectivity index (χ1n) is 7.10. The Morgan fingerprint density at radius 1 is 1.35 bits per heavy atom. The smallest absolute Gasteiger partial charge is 0.326 e. The molecule has 0 aromatic heterocycles. The number of carbonyl (C=O) groups is 3. The van der Waals surface area contributed by atoms with Crippen LogP contribution in [0.2, 0.25) is 0 Å². The Morgan fingerprint density at radius 2 is 2.09 bits per heavy atom. The van der Waals surface area contributed by atoms with Crippen molar-refractivity contribution >= 4 is 23.5 Å². The zero-order valence-electron chi connectivity index (χ0n) is 12.5. The van der Waals surface area contributed by atoms with E-state index < -0.39 is 29.6 Å². The highest BCUT2D eigenvalue weighted by Crippen LogP contribution is 2.14. The predicted molar refractivity (Wildman–Crippen MR) is 76.4 cm³/mol. The minimum atomic E-state index is -1.13. The number of amides is 2. The lowest BCUT2D eigenvalue weighted by molar-refractivity contribution is -0.155. The highest BCUT2D eigenvalue weighted by molar-refractivity contribution is 5.95. The summed E-state index contributed by atoms with van der Waals surface area (Å²) in [6.45, 7) is 1.63. The van der Waals surface area contributed by atoms with Gasteiger partial charge in [0.15, 0.2) is 17.7 Å². The molecule has 0 unspecified atom stereocenters. The fourth-order valence-electron chi connectivity index (χ4n) is 2.13. The third-order valence-corrected chi connectivity index (χ3v) is 3.36. The highest BCUT2D eigenvalue weighted by Gasteiger charge is 2.25. The Morgan fingerprint density at radius 3 is 2.70 bits per heavy atom. The third kappa shape index (κ3) is 4.48. The minimum absolute atomic E-state index is 0.0477. The van der Waals surface area contributed by atoms with Crippen LogP contribution < -0.4 is 5.32 Å². The number of halogens is 2. The van der Waals surface area contributed by atoms with Gasteiger partial charge in [-0.15, -0.1) is 0 Å². The predicted octanol–water partition coefficient (Wildman–Crippen LogP) is 1.46. The quantitative estimate of drug-likeness (QED) is 0.831. The van der Waals surface area contributed by atoms with Gasteiger partial charge in [-0.25, -0.2) is 8.78 Å². The first-order valence-corrected chi connectivity index (χ1v) is 7.10. The minimum Gasteiger partial charge on any atom is -0.451 e. The van der Waals surface area contributed by atoms with E-state index in [9.17, 15) is 23.2 Å². The van der Waals surface area contributed by atoms with Gasteiger partial charge < -0.3 is 15.0 Å². The van der Waals surface area contributed by atoms with E-state index in [1.807, 2.05) is 0 Å². The second-order valence-corrected chi connectivity index (χ2v) is 5.17. The molecular formula is C15H16F2N2O4. The molecule has 0 bridgehead atoms. The summed E-state index contributed by atoms with van der Waals surface area (Å²) >= 11 is 0. The molecule has 1 aromatic rings. The van der Waals surface area contributed by atoms with Crippen LogP contribution in [0.4, 0.5) is 14.5 Å². The van der Waals surface area contributed by atoms with Gasteiger partial charge in [0, 0.05) is 24.7 Å². The number of carbonyl (C=O) groups excluding carboxylic acids is 3. The van der Waals surface area contributed by atoms with E-state index >= 15 is 0 Å². The van der Waals surface area contributed by atoms with E-state index in [1.165, 1.54) is 17.9 Å². The molecule has 2 amide bonds. The van der Waals surface area contributed by atoms with Crippen molar-refractivity contribution in [2.75, 3.05) is 18.4 Å². The van der Waals surface area contributed by atoms with Crippen LogP contribution in [0, 0.1) is 11.6 Å². The van der Waals surface area contributed by atoms with Gasteiger partial charge in [0.05, 0.1) is 0 Å². The zero-order valence-corrected chi connectivity index (χ0v) is 12.5. The van der Waals surface area contributed by atoms with Crippen molar-refractivity contribution in [3.05, 3.63) is 29.8 Å². The Labute approximate surface area is 131 Å². The summed E-state index contributed by atoms with van der Waals surface area (Å²) in [6, 6.07) is 2.89. The monoisotopic (exact) mass is 326 g/mol. The normalized spacial score (nSPS) is 15.4. The van der Waals surface area contributed by atoms with Crippen molar-refractivity contribution in [2.24, 2.45) is 0 Å². The lowest BCUT2D eigenvalue weighted by Crippen LogP contribution is -2.36. The van der Waals surface area contributed by atoms with E-state index in [0.29, 0.717) is 19.4 Å². The molecule has 1 aromatic carbocycles. The fourth-order valence-corrected chi connectivity index (χ4v) is 2.13. The first kappa shape index (κ1) is 16.9. The molecule has 1 heterocycles. The second kappa shape index (κ2) is 7.17. The zero-order chi connectivity index (χ0) is 17.0. The Hall–Kier alpha value is -2.51. The van der Waals surface area contributed by atoms with Crippen LogP contribution >= 0.6 is 0 Å². The van der Waals surface area contributed by atoms with Gasteiger partial charge in [-0.1, -0.05) is 0 Å². The molecule has 1 saturated heterocycles. The SMILES string of the molecule is C[C@H](OC(=O)CN1CCCC1=O)C(=O)Nc1ccc(F)c(F)c1. The summed E-state index contributed by atoms with van der Waals surface area (Å²) in [5.41, 5.74) is 0.0477. The molecule has 8 heteroatoms. The molecule has 2 rings (SSSR count). The summed E-state index contributed by atoms with van der Waals surface area (Å²) < 4.78 is 30.8. The van der Waals surface area contributed by atoms with Crippen molar-refractivity contribution in [3.63, 3.8) is 0 Å². The fraction of sp³-hybridized carbons (Fsp3) is 0.400. The molecule has 23 heavy (non-hydrogen) atoms. The standard InChI is InChI=1S/C15H16F2N2O4/c1-9(23-14(21)8-19-6-2-3-13(19)20)15(22)18-10-4-5-11(16)12(17)7-10/h4-5,7,9H,2-3,6,8H2,1H3,(H,18,22)/t9-/m0/s1. The van der Waals surface area contributed by atoms with Crippen LogP contribution in [0.1, 0.15) is 19.8 Å². The molecule has 0 aliphatic carbocycles. The lowest BCUT2D eigenvalue weighted by Gasteiger charge is -2.17. The lowest BCUT2D eigenvalue weighted by atomic mass is 10.3. The number of hydrogen-bond donors (Lipinski definition) is 1. The van der Waals surface area contributed by atoms with Crippen LogP contribution in [0.25, 0.3) is 0 Å². The van der Waals surface area contributed by atoms with Crippen molar-refractivity contribution in [3.8, 4) is 0 Å². The molecule has 0 spiro atoms. The van der Waals surface area contributed by atoms with E-state index in [4.69, 9.17) is 4.74 Å². The molecule has 6 nitrogen and oxygen atoms in total. The number of likely N-dealkylation sites (tertiary alicyclic amines) is 1. The van der Waals surface area contributed by atoms with Crippen LogP contribution in [0.3, 0.4) is 0 Å². The Kier molecular flexibility index (Phi) is 5.25. The molecule has 1 aliphatic rings. The number of nitrogens with zero attached hydrogens (tertiary/aromatic N) is 1. The maximum absolute atomic E-state index is 13.1. The molecule has 124 valence electrons. The van der Waals surface area contributed by atoms with Gasteiger partial charge in [0.1, 0.15) is 6.54 Å². The first-order chi connectivity index (χ1) is 10.9. The van der Waals surface area contributed by atoms with E-state index in [1.54, 1.807) is 0 Å². The summed E-state index contributed by atoms with van der Waals surface area (Å²) in [4.78, 5) is 36.3. The number of benzene rings is 1. The van der Waals surface area contributed by atoms with E-state index in [-0.39, 0.29) is 18.1 Å². The molecule has 1 atom stereocenters. The largest absolute Gasteiger partial charge is 0.451 e. The van der Waals surface area contributed by atoms with Gasteiger partial charge in [-0.2, -0.15) is 0 Å². The Bertz CT molecular complexity index is 636. The van der Waals surface area contributed by atoms with Gasteiger partial charge in [0.2, 0.25) is 5.91 Å². The van der Waals surface area contributed by atoms with Gasteiger partial charge >= 0.3 is 5.97 Å². The van der Waals surface area contributed by atoms with Crippen LogP contribution in [0.5, 0.6) is 0 Å². The third-order valence-electron chi connectivity index (χ3n) is 3.36. The highest BCUT2D eigenvalue weighted by atomic mass is 19.2. The number of anilines is 1. The van der Waals surface area contributed by atoms with Crippen molar-refractivity contribution in [1.29, 1.82) is 0 Å². The molecular weight excluding hydrogens is 310 g/mol. The summed E-state index contributed by atoms with van der Waals surface area (Å²) in [7, 11) is 0. The Balaban J connectivity index is 1.85. The van der Waals surface area contributed by atoms with Gasteiger partial charge in [-0.05, 0) is 25.5 Å². The summed E-state index contributed by atoms with van der Waals surface area (Å²) in [5.74, 6) is -3.64. The van der Waals surface area contributed by atoms with Crippen LogP contribution in [-0.4, -0.2) is 41.9 Å². The average Bonchev–Trinajstić information content (AvgIpc) is 2.88. The van der Waals surface area contributed by atoms with Crippen LogP contribution in [-0.2, 0) is 19.1 Å².